The van der Waals surface area contributed by atoms with Gasteiger partial charge in [0.1, 0.15) is 16.9 Å². The lowest BCUT2D eigenvalue weighted by molar-refractivity contribution is 0.347. The van der Waals surface area contributed by atoms with Crippen LogP contribution in [0.5, 0.6) is 0 Å². The minimum Gasteiger partial charge on any atom is -0.315 e. The summed E-state index contributed by atoms with van der Waals surface area (Å²) >= 11 is 1.32. The van der Waals surface area contributed by atoms with Gasteiger partial charge in [0.2, 0.25) is 0 Å². The van der Waals surface area contributed by atoms with E-state index in [2.05, 4.69) is 26.6 Å². The predicted molar refractivity (Wildman–Crippen MR) is 115 cm³/mol. The molecule has 0 radical (unpaired) electrons. The average Bonchev–Trinajstić information content (AvgIpc) is 3.41. The summed E-state index contributed by atoms with van der Waals surface area (Å²) in [7, 11) is 0. The Bertz CT molecular complexity index is 1280. The first-order valence-corrected chi connectivity index (χ1v) is 10.9. The molecule has 5 heterocycles. The monoisotopic (exact) mass is 433 g/mol. The van der Waals surface area contributed by atoms with Crippen LogP contribution in [0.3, 0.4) is 0 Å². The quantitative estimate of drug-likeness (QED) is 0.524. The molecule has 1 aliphatic rings. The van der Waals surface area contributed by atoms with Gasteiger partial charge in [-0.25, -0.2) is 13.9 Å². The summed E-state index contributed by atoms with van der Waals surface area (Å²) in [5.74, 6) is -0.335. The van der Waals surface area contributed by atoms with E-state index in [1.807, 2.05) is 29.3 Å². The third-order valence-electron chi connectivity index (χ3n) is 5.39. The summed E-state index contributed by atoms with van der Waals surface area (Å²) in [4.78, 5) is 5.22. The van der Waals surface area contributed by atoms with E-state index in [-0.39, 0.29) is 5.82 Å². The Morgan fingerprint density at radius 2 is 2.10 bits per heavy atom. The van der Waals surface area contributed by atoms with E-state index in [1.54, 1.807) is 17.6 Å². The van der Waals surface area contributed by atoms with Gasteiger partial charge in [-0.15, -0.1) is 0 Å². The largest absolute Gasteiger partial charge is 0.315 e. The molecule has 1 atom stereocenters. The Labute approximate surface area is 182 Å². The number of nitriles is 1. The minimum atomic E-state index is -0.335. The molecule has 0 spiro atoms. The molecule has 156 valence electrons. The van der Waals surface area contributed by atoms with Crippen molar-refractivity contribution in [3.05, 3.63) is 60.1 Å². The zero-order valence-corrected chi connectivity index (χ0v) is 17.7. The van der Waals surface area contributed by atoms with Gasteiger partial charge in [0, 0.05) is 46.7 Å². The normalized spacial score (nSPS) is 16.5. The number of hydrogen-bond acceptors (Lipinski definition) is 6. The van der Waals surface area contributed by atoms with Crippen LogP contribution >= 0.6 is 11.8 Å². The number of nitrogens with one attached hydrogen (secondary N) is 1. The van der Waals surface area contributed by atoms with Crippen LogP contribution in [0.4, 0.5) is 4.39 Å². The molecule has 0 bridgehead atoms. The molecule has 0 amide bonds. The lowest BCUT2D eigenvalue weighted by Gasteiger charge is -2.22. The van der Waals surface area contributed by atoms with Crippen molar-refractivity contribution in [1.29, 1.82) is 5.26 Å². The SMILES string of the molecule is Cc1cc(F)cc(Sc2cc(-c3cnn([C@H]4CCCNC4)c3)cn3ncc(C#N)c23)n1. The molecule has 1 aliphatic heterocycles. The summed E-state index contributed by atoms with van der Waals surface area (Å²) in [5, 5.41) is 22.4. The molecule has 0 unspecified atom stereocenters. The zero-order chi connectivity index (χ0) is 21.4. The molecular formula is C22H20FN7S. The third-order valence-corrected chi connectivity index (χ3v) is 6.34. The Hall–Kier alpha value is -3.22. The van der Waals surface area contributed by atoms with E-state index in [0.29, 0.717) is 27.8 Å². The summed E-state index contributed by atoms with van der Waals surface area (Å²) in [6, 6.07) is 7.32. The van der Waals surface area contributed by atoms with Gasteiger partial charge in [0.05, 0.1) is 29.5 Å². The second kappa shape index (κ2) is 8.13. The van der Waals surface area contributed by atoms with Crippen molar-refractivity contribution in [1.82, 2.24) is 29.7 Å². The van der Waals surface area contributed by atoms with Crippen molar-refractivity contribution >= 4 is 17.3 Å². The first-order valence-electron chi connectivity index (χ1n) is 10.1. The first kappa shape index (κ1) is 19.7. The van der Waals surface area contributed by atoms with E-state index >= 15 is 0 Å². The van der Waals surface area contributed by atoms with E-state index in [4.69, 9.17) is 0 Å². The molecule has 0 saturated carbocycles. The number of rotatable bonds is 4. The van der Waals surface area contributed by atoms with Crippen molar-refractivity contribution in [2.75, 3.05) is 13.1 Å². The Balaban J connectivity index is 1.57. The number of pyridine rings is 2. The third kappa shape index (κ3) is 3.92. The molecule has 31 heavy (non-hydrogen) atoms. The summed E-state index contributed by atoms with van der Waals surface area (Å²) in [6.45, 7) is 3.72. The molecule has 0 aromatic carbocycles. The highest BCUT2D eigenvalue weighted by atomic mass is 32.2. The van der Waals surface area contributed by atoms with Crippen LogP contribution in [0.2, 0.25) is 0 Å². The molecule has 9 heteroatoms. The zero-order valence-electron chi connectivity index (χ0n) is 16.9. The molecule has 4 aromatic rings. The van der Waals surface area contributed by atoms with Crippen molar-refractivity contribution in [3.63, 3.8) is 0 Å². The van der Waals surface area contributed by atoms with E-state index in [1.165, 1.54) is 23.9 Å². The molecule has 0 aliphatic carbocycles. The average molecular weight is 434 g/mol. The maximum Gasteiger partial charge on any atom is 0.127 e. The van der Waals surface area contributed by atoms with Gasteiger partial charge in [-0.05, 0) is 38.4 Å². The van der Waals surface area contributed by atoms with Gasteiger partial charge >= 0.3 is 0 Å². The molecule has 1 N–H and O–H groups in total. The van der Waals surface area contributed by atoms with Crippen LogP contribution in [0.15, 0.2) is 52.9 Å². The summed E-state index contributed by atoms with van der Waals surface area (Å²) < 4.78 is 17.6. The van der Waals surface area contributed by atoms with E-state index in [0.717, 1.165) is 42.0 Å². The van der Waals surface area contributed by atoms with Crippen LogP contribution in [-0.2, 0) is 0 Å². The number of fused-ring (bicyclic) bond motifs is 1. The Kier molecular flexibility index (Phi) is 5.18. The van der Waals surface area contributed by atoms with Gasteiger partial charge < -0.3 is 5.32 Å². The number of halogens is 1. The molecule has 1 saturated heterocycles. The van der Waals surface area contributed by atoms with Gasteiger partial charge in [-0.1, -0.05) is 11.8 Å². The van der Waals surface area contributed by atoms with Crippen LogP contribution in [0.1, 0.15) is 30.1 Å². The highest BCUT2D eigenvalue weighted by molar-refractivity contribution is 7.99. The fraction of sp³-hybridized carbons (Fsp3) is 0.273. The van der Waals surface area contributed by atoms with E-state index in [9.17, 15) is 9.65 Å². The van der Waals surface area contributed by atoms with Crippen LogP contribution in [0.25, 0.3) is 16.6 Å². The minimum absolute atomic E-state index is 0.335. The summed E-state index contributed by atoms with van der Waals surface area (Å²) in [6.07, 6.45) is 9.58. The van der Waals surface area contributed by atoms with Gasteiger partial charge in [-0.2, -0.15) is 15.5 Å². The van der Waals surface area contributed by atoms with Crippen molar-refractivity contribution in [2.24, 2.45) is 0 Å². The van der Waals surface area contributed by atoms with Crippen LogP contribution in [0, 0.1) is 24.1 Å². The molecule has 4 aromatic heterocycles. The number of piperidine rings is 1. The Morgan fingerprint density at radius 3 is 2.87 bits per heavy atom. The summed E-state index contributed by atoms with van der Waals surface area (Å²) in [5.41, 5.74) is 3.64. The fourth-order valence-corrected chi connectivity index (χ4v) is 4.98. The molecule has 5 rings (SSSR count). The smallest absolute Gasteiger partial charge is 0.127 e. The number of hydrogen-bond donors (Lipinski definition) is 1. The van der Waals surface area contributed by atoms with Crippen molar-refractivity contribution in [2.45, 2.75) is 35.7 Å². The highest BCUT2D eigenvalue weighted by Crippen LogP contribution is 2.35. The number of aryl methyl sites for hydroxylation is 1. The topological polar surface area (TPSA) is 83.8 Å². The first-order chi connectivity index (χ1) is 15.1. The Morgan fingerprint density at radius 1 is 1.19 bits per heavy atom. The van der Waals surface area contributed by atoms with Crippen LogP contribution < -0.4 is 5.32 Å². The van der Waals surface area contributed by atoms with Gasteiger partial charge in [-0.3, -0.25) is 4.68 Å². The number of nitrogens with zero attached hydrogens (tertiary/aromatic N) is 6. The lowest BCUT2D eigenvalue weighted by atomic mass is 10.1. The standard InChI is InChI=1S/C22H20FN7S/c1-14-5-18(23)7-21(28-14)31-20-6-15(12-30-22(20)16(8-24)9-27-30)17-10-26-29(13-17)19-3-2-4-25-11-19/h5-7,9-10,12-13,19,25H,2-4,11H2,1H3/t19-/m0/s1. The maximum atomic E-state index is 13.9. The predicted octanol–water partition coefficient (Wildman–Crippen LogP) is 3.99. The van der Waals surface area contributed by atoms with Gasteiger partial charge in [0.15, 0.2) is 0 Å². The van der Waals surface area contributed by atoms with Crippen LogP contribution in [-0.4, -0.2) is 37.5 Å². The van der Waals surface area contributed by atoms with Crippen molar-refractivity contribution in [3.8, 4) is 17.2 Å². The molecule has 1 fully saturated rings. The maximum absolute atomic E-state index is 13.9. The fourth-order valence-electron chi connectivity index (χ4n) is 3.91. The van der Waals surface area contributed by atoms with Gasteiger partial charge in [0.25, 0.3) is 0 Å². The molecular weight excluding hydrogens is 413 g/mol. The number of aromatic nitrogens is 5. The second-order valence-electron chi connectivity index (χ2n) is 7.63. The van der Waals surface area contributed by atoms with Crippen molar-refractivity contribution < 1.29 is 4.39 Å². The highest BCUT2D eigenvalue weighted by Gasteiger charge is 2.18. The molecule has 7 nitrogen and oxygen atoms in total. The lowest BCUT2D eigenvalue weighted by Crippen LogP contribution is -2.31. The van der Waals surface area contributed by atoms with E-state index < -0.39 is 0 Å². The second-order valence-corrected chi connectivity index (χ2v) is 8.69.